The molecule has 0 aliphatic carbocycles. The van der Waals surface area contributed by atoms with Crippen LogP contribution in [0, 0.1) is 5.92 Å². The average molecular weight is 268 g/mol. The lowest BCUT2D eigenvalue weighted by atomic mass is 10.0. The highest BCUT2D eigenvalue weighted by atomic mass is 16.1. The number of hydrogen-bond acceptors (Lipinski definition) is 2. The Kier molecular flexibility index (Phi) is 7.30. The van der Waals surface area contributed by atoms with E-state index in [9.17, 15) is 4.79 Å². The van der Waals surface area contributed by atoms with Crippen molar-refractivity contribution >= 4 is 11.9 Å². The summed E-state index contributed by atoms with van der Waals surface area (Å²) in [5.74, 6) is 1.76. The molecule has 1 unspecified atom stereocenters. The van der Waals surface area contributed by atoms with Crippen molar-refractivity contribution in [2.75, 3.05) is 33.2 Å². The maximum Gasteiger partial charge on any atom is 0.221 e. The van der Waals surface area contributed by atoms with Gasteiger partial charge in [-0.05, 0) is 25.2 Å². The van der Waals surface area contributed by atoms with Crippen LogP contribution in [0.2, 0.25) is 0 Å². The van der Waals surface area contributed by atoms with E-state index in [1.165, 1.54) is 12.8 Å². The van der Waals surface area contributed by atoms with Gasteiger partial charge in [0, 0.05) is 39.6 Å². The van der Waals surface area contributed by atoms with Gasteiger partial charge in [-0.15, -0.1) is 0 Å². The molecular weight excluding hydrogens is 240 g/mol. The Balaban J connectivity index is 2.27. The number of amides is 1. The number of aliphatic imine (C=N–C) groups is 1. The molecule has 0 spiro atoms. The highest BCUT2D eigenvalue weighted by Gasteiger charge is 2.18. The van der Waals surface area contributed by atoms with Crippen molar-refractivity contribution in [2.45, 2.75) is 39.5 Å². The molecule has 0 aromatic heterocycles. The lowest BCUT2D eigenvalue weighted by Gasteiger charge is -2.33. The van der Waals surface area contributed by atoms with Crippen LogP contribution in [0.5, 0.6) is 0 Å². The molecule has 1 heterocycles. The number of nitrogens with one attached hydrogen (secondary N) is 2. The van der Waals surface area contributed by atoms with Gasteiger partial charge in [0.25, 0.3) is 0 Å². The van der Waals surface area contributed by atoms with E-state index in [0.717, 1.165) is 37.9 Å². The van der Waals surface area contributed by atoms with Crippen molar-refractivity contribution in [1.29, 1.82) is 0 Å². The number of carbonyl (C=O) groups is 1. The number of piperidine rings is 1. The molecule has 19 heavy (non-hydrogen) atoms. The topological polar surface area (TPSA) is 56.7 Å². The Labute approximate surface area is 116 Å². The van der Waals surface area contributed by atoms with Crippen molar-refractivity contribution in [1.82, 2.24) is 15.5 Å². The fraction of sp³-hybridized carbons (Fsp3) is 0.857. The number of hydrogen-bond donors (Lipinski definition) is 2. The maximum absolute atomic E-state index is 11.5. The van der Waals surface area contributed by atoms with E-state index in [2.05, 4.69) is 34.4 Å². The lowest BCUT2D eigenvalue weighted by Crippen LogP contribution is -2.46. The van der Waals surface area contributed by atoms with Gasteiger partial charge in [-0.3, -0.25) is 9.79 Å². The van der Waals surface area contributed by atoms with Gasteiger partial charge in [0.15, 0.2) is 5.96 Å². The van der Waals surface area contributed by atoms with Crippen molar-refractivity contribution in [3.63, 3.8) is 0 Å². The van der Waals surface area contributed by atoms with Gasteiger partial charge in [0.1, 0.15) is 0 Å². The molecule has 1 aliphatic rings. The molecule has 0 aromatic rings. The fourth-order valence-corrected chi connectivity index (χ4v) is 2.35. The van der Waals surface area contributed by atoms with Crippen LogP contribution in [-0.2, 0) is 4.79 Å². The second-order valence-electron chi connectivity index (χ2n) is 5.27. The van der Waals surface area contributed by atoms with Crippen LogP contribution < -0.4 is 10.6 Å². The van der Waals surface area contributed by atoms with Gasteiger partial charge in [-0.1, -0.05) is 13.8 Å². The van der Waals surface area contributed by atoms with Gasteiger partial charge in [0.2, 0.25) is 5.91 Å². The molecule has 0 saturated carbocycles. The molecule has 1 aliphatic heterocycles. The summed E-state index contributed by atoms with van der Waals surface area (Å²) in [7, 11) is 1.80. The minimum absolute atomic E-state index is 0.108. The molecular formula is C14H28N4O. The Morgan fingerprint density at radius 3 is 2.79 bits per heavy atom. The van der Waals surface area contributed by atoms with E-state index >= 15 is 0 Å². The van der Waals surface area contributed by atoms with Gasteiger partial charge in [-0.25, -0.2) is 0 Å². The number of carbonyl (C=O) groups excluding carboxylic acids is 1. The zero-order chi connectivity index (χ0) is 14.1. The van der Waals surface area contributed by atoms with E-state index in [1.807, 2.05) is 0 Å². The molecule has 1 rings (SSSR count). The fourth-order valence-electron chi connectivity index (χ4n) is 2.35. The van der Waals surface area contributed by atoms with E-state index in [0.29, 0.717) is 13.0 Å². The molecule has 0 radical (unpaired) electrons. The number of rotatable bonds is 5. The molecule has 1 atom stereocenters. The second kappa shape index (κ2) is 8.77. The summed E-state index contributed by atoms with van der Waals surface area (Å²) in [6.07, 6.45) is 4.00. The van der Waals surface area contributed by atoms with E-state index in [4.69, 9.17) is 0 Å². The number of guanidine groups is 1. The zero-order valence-corrected chi connectivity index (χ0v) is 12.5. The first-order chi connectivity index (χ1) is 9.17. The smallest absolute Gasteiger partial charge is 0.221 e. The van der Waals surface area contributed by atoms with Gasteiger partial charge in [-0.2, -0.15) is 0 Å². The van der Waals surface area contributed by atoms with Crippen LogP contribution in [0.3, 0.4) is 0 Å². The zero-order valence-electron chi connectivity index (χ0n) is 12.5. The maximum atomic E-state index is 11.5. The van der Waals surface area contributed by atoms with Crippen molar-refractivity contribution < 1.29 is 4.79 Å². The third-order valence-corrected chi connectivity index (χ3v) is 3.38. The van der Waals surface area contributed by atoms with Crippen LogP contribution >= 0.6 is 0 Å². The molecule has 1 saturated heterocycles. The predicted molar refractivity (Wildman–Crippen MR) is 79.3 cm³/mol. The Hall–Kier alpha value is -1.26. The third kappa shape index (κ3) is 5.94. The molecule has 110 valence electrons. The first-order valence-corrected chi connectivity index (χ1v) is 7.39. The molecule has 5 nitrogen and oxygen atoms in total. The summed E-state index contributed by atoms with van der Waals surface area (Å²) in [6.45, 7) is 7.85. The summed E-state index contributed by atoms with van der Waals surface area (Å²) in [6, 6.07) is 0. The Bertz CT molecular complexity index is 304. The highest BCUT2D eigenvalue weighted by molar-refractivity contribution is 5.81. The van der Waals surface area contributed by atoms with E-state index in [1.54, 1.807) is 7.05 Å². The SMILES string of the molecule is CCCNC(=O)CCNC(=NC)N1CCCC(C)C1. The first-order valence-electron chi connectivity index (χ1n) is 7.39. The molecule has 0 aromatic carbocycles. The van der Waals surface area contributed by atoms with Crippen molar-refractivity contribution in [3.8, 4) is 0 Å². The molecule has 0 bridgehead atoms. The monoisotopic (exact) mass is 268 g/mol. The quantitative estimate of drug-likeness (QED) is 0.582. The summed E-state index contributed by atoms with van der Waals surface area (Å²) in [4.78, 5) is 18.1. The number of nitrogens with zero attached hydrogens (tertiary/aromatic N) is 2. The molecule has 1 fully saturated rings. The largest absolute Gasteiger partial charge is 0.356 e. The van der Waals surface area contributed by atoms with Crippen LogP contribution in [0.1, 0.15) is 39.5 Å². The third-order valence-electron chi connectivity index (χ3n) is 3.38. The average Bonchev–Trinajstić information content (AvgIpc) is 2.41. The molecule has 1 amide bonds. The Morgan fingerprint density at radius 1 is 1.37 bits per heavy atom. The van der Waals surface area contributed by atoms with Gasteiger partial charge >= 0.3 is 0 Å². The summed E-state index contributed by atoms with van der Waals surface area (Å²) >= 11 is 0. The predicted octanol–water partition coefficient (Wildman–Crippen LogP) is 1.21. The lowest BCUT2D eigenvalue weighted by molar-refractivity contribution is -0.120. The van der Waals surface area contributed by atoms with E-state index < -0.39 is 0 Å². The second-order valence-corrected chi connectivity index (χ2v) is 5.27. The minimum Gasteiger partial charge on any atom is -0.356 e. The minimum atomic E-state index is 0.108. The number of likely N-dealkylation sites (tertiary alicyclic amines) is 1. The molecule has 5 heteroatoms. The van der Waals surface area contributed by atoms with Gasteiger partial charge < -0.3 is 15.5 Å². The summed E-state index contributed by atoms with van der Waals surface area (Å²) in [5, 5.41) is 6.16. The standard InChI is InChI=1S/C14H28N4O/c1-4-8-16-13(19)7-9-17-14(15-3)18-10-5-6-12(2)11-18/h12H,4-11H2,1-3H3,(H,15,17)(H,16,19). The van der Waals surface area contributed by atoms with Crippen LogP contribution in [-0.4, -0.2) is 50.0 Å². The summed E-state index contributed by atoms with van der Waals surface area (Å²) in [5.41, 5.74) is 0. The van der Waals surface area contributed by atoms with Crippen LogP contribution in [0.25, 0.3) is 0 Å². The van der Waals surface area contributed by atoms with Crippen LogP contribution in [0.4, 0.5) is 0 Å². The molecule has 2 N–H and O–H groups in total. The van der Waals surface area contributed by atoms with Crippen molar-refractivity contribution in [2.24, 2.45) is 10.9 Å². The van der Waals surface area contributed by atoms with Gasteiger partial charge in [0.05, 0.1) is 0 Å². The summed E-state index contributed by atoms with van der Waals surface area (Å²) < 4.78 is 0. The van der Waals surface area contributed by atoms with Crippen LogP contribution in [0.15, 0.2) is 4.99 Å². The van der Waals surface area contributed by atoms with E-state index in [-0.39, 0.29) is 5.91 Å². The Morgan fingerprint density at radius 2 is 2.16 bits per heavy atom. The highest BCUT2D eigenvalue weighted by Crippen LogP contribution is 2.15. The normalized spacial score (nSPS) is 20.3. The first kappa shape index (κ1) is 15.8. The van der Waals surface area contributed by atoms with Crippen molar-refractivity contribution in [3.05, 3.63) is 0 Å².